The van der Waals surface area contributed by atoms with Crippen molar-refractivity contribution in [1.82, 2.24) is 9.73 Å². The van der Waals surface area contributed by atoms with Gasteiger partial charge in [-0.1, -0.05) is 37.5 Å². The number of amides is 1. The molecule has 0 heterocycles. The third kappa shape index (κ3) is 5.63. The lowest BCUT2D eigenvalue weighted by Gasteiger charge is -2.31. The zero-order chi connectivity index (χ0) is 19.2. The molecule has 1 fully saturated rings. The van der Waals surface area contributed by atoms with Crippen LogP contribution in [0.25, 0.3) is 0 Å². The summed E-state index contributed by atoms with van der Waals surface area (Å²) < 4.78 is 25.3. The number of carbonyl (C=O) groups excluding carboxylic acids is 1. The average molecular weight is 381 g/mol. The number of benzene rings is 1. The van der Waals surface area contributed by atoms with Gasteiger partial charge in [0.25, 0.3) is 5.91 Å². The summed E-state index contributed by atoms with van der Waals surface area (Å²) >= 11 is 0. The van der Waals surface area contributed by atoms with E-state index >= 15 is 0 Å². The second-order valence-corrected chi connectivity index (χ2v) is 8.22. The Hall–Kier alpha value is -2.26. The van der Waals surface area contributed by atoms with Crippen LogP contribution in [0.2, 0.25) is 0 Å². The topological polar surface area (TPSA) is 116 Å². The molecule has 1 amide bonds. The Morgan fingerprint density at radius 1 is 1.27 bits per heavy atom. The summed E-state index contributed by atoms with van der Waals surface area (Å²) in [6.45, 7) is -0.304. The number of nitrogens with zero attached hydrogens (tertiary/aromatic N) is 2. The second-order valence-electron chi connectivity index (χ2n) is 6.29. The Balaban J connectivity index is 2.01. The highest BCUT2D eigenvalue weighted by atomic mass is 32.2. The van der Waals surface area contributed by atoms with Crippen LogP contribution in [-0.2, 0) is 14.8 Å². The van der Waals surface area contributed by atoms with Crippen molar-refractivity contribution in [3.8, 4) is 0 Å². The summed E-state index contributed by atoms with van der Waals surface area (Å²) in [4.78, 5) is 23.2. The fraction of sp³-hybridized carbons (Fsp3) is 0.471. The Labute approximate surface area is 152 Å². The molecule has 1 aliphatic rings. The standard InChI is InChI=1S/C17H23N3O5S/c1-26(24,25)20(14-8-3-2-4-9-14)12-16(21)19-18-11-13-7-5-6-10-15(13)17(22)23/h5-7,10-11,14H,2-4,8-9,12H2,1H3,(H,19,21)(H,22,23)/b18-11+. The van der Waals surface area contributed by atoms with Crippen molar-refractivity contribution in [3.05, 3.63) is 35.4 Å². The van der Waals surface area contributed by atoms with Gasteiger partial charge in [-0.3, -0.25) is 4.79 Å². The maximum Gasteiger partial charge on any atom is 0.336 e. The number of sulfonamides is 1. The van der Waals surface area contributed by atoms with Crippen LogP contribution in [0.15, 0.2) is 29.4 Å². The molecule has 0 atom stereocenters. The van der Waals surface area contributed by atoms with Crippen LogP contribution in [0.5, 0.6) is 0 Å². The van der Waals surface area contributed by atoms with E-state index in [0.29, 0.717) is 5.56 Å². The van der Waals surface area contributed by atoms with Gasteiger partial charge >= 0.3 is 5.97 Å². The molecule has 2 rings (SSSR count). The number of carbonyl (C=O) groups is 2. The van der Waals surface area contributed by atoms with E-state index in [1.165, 1.54) is 16.6 Å². The summed E-state index contributed by atoms with van der Waals surface area (Å²) in [5.74, 6) is -1.66. The second kappa shape index (κ2) is 8.91. The fourth-order valence-electron chi connectivity index (χ4n) is 3.04. The first kappa shape index (κ1) is 20.1. The molecule has 1 aromatic carbocycles. The monoisotopic (exact) mass is 381 g/mol. The summed E-state index contributed by atoms with van der Waals surface area (Å²) in [6.07, 6.45) is 6.79. The molecule has 1 aliphatic carbocycles. The Bertz CT molecular complexity index is 785. The molecule has 2 N–H and O–H groups in total. The van der Waals surface area contributed by atoms with E-state index < -0.39 is 21.9 Å². The maximum atomic E-state index is 12.1. The third-order valence-corrected chi connectivity index (χ3v) is 5.57. The lowest BCUT2D eigenvalue weighted by Crippen LogP contribution is -2.45. The van der Waals surface area contributed by atoms with Crippen molar-refractivity contribution in [2.45, 2.75) is 38.1 Å². The zero-order valence-electron chi connectivity index (χ0n) is 14.6. The van der Waals surface area contributed by atoms with Crippen molar-refractivity contribution >= 4 is 28.1 Å². The van der Waals surface area contributed by atoms with Gasteiger partial charge in [-0.25, -0.2) is 18.6 Å². The average Bonchev–Trinajstić information content (AvgIpc) is 2.60. The minimum Gasteiger partial charge on any atom is -0.478 e. The minimum absolute atomic E-state index is 0.0606. The number of nitrogens with one attached hydrogen (secondary N) is 1. The van der Waals surface area contributed by atoms with Gasteiger partial charge in [-0.05, 0) is 18.9 Å². The molecule has 8 nitrogen and oxygen atoms in total. The van der Waals surface area contributed by atoms with E-state index in [0.717, 1.165) is 38.4 Å². The van der Waals surface area contributed by atoms with Gasteiger partial charge in [0.1, 0.15) is 0 Å². The van der Waals surface area contributed by atoms with Crippen LogP contribution >= 0.6 is 0 Å². The molecule has 1 aromatic rings. The van der Waals surface area contributed by atoms with Gasteiger partial charge in [0.05, 0.1) is 24.6 Å². The molecule has 0 radical (unpaired) electrons. The van der Waals surface area contributed by atoms with E-state index in [9.17, 15) is 18.0 Å². The number of rotatable bonds is 7. The van der Waals surface area contributed by atoms with E-state index in [1.54, 1.807) is 18.2 Å². The summed E-state index contributed by atoms with van der Waals surface area (Å²) in [7, 11) is -3.51. The van der Waals surface area contributed by atoms with Gasteiger partial charge in [-0.2, -0.15) is 9.41 Å². The van der Waals surface area contributed by atoms with Crippen LogP contribution in [0.3, 0.4) is 0 Å². The molecule has 0 aromatic heterocycles. The third-order valence-electron chi connectivity index (χ3n) is 4.29. The normalized spacial score (nSPS) is 16.1. The Morgan fingerprint density at radius 2 is 1.92 bits per heavy atom. The van der Waals surface area contributed by atoms with E-state index in [2.05, 4.69) is 10.5 Å². The van der Waals surface area contributed by atoms with Crippen LogP contribution in [0.4, 0.5) is 0 Å². The lowest BCUT2D eigenvalue weighted by molar-refractivity contribution is -0.121. The molecule has 142 valence electrons. The largest absolute Gasteiger partial charge is 0.478 e. The maximum absolute atomic E-state index is 12.1. The number of aromatic carboxylic acids is 1. The first-order valence-corrected chi connectivity index (χ1v) is 10.2. The first-order valence-electron chi connectivity index (χ1n) is 8.40. The summed E-state index contributed by atoms with van der Waals surface area (Å²) in [5.41, 5.74) is 2.67. The van der Waals surface area contributed by atoms with E-state index in [-0.39, 0.29) is 18.2 Å². The van der Waals surface area contributed by atoms with Gasteiger partial charge < -0.3 is 5.11 Å². The van der Waals surface area contributed by atoms with Crippen LogP contribution in [0, 0.1) is 0 Å². The minimum atomic E-state index is -3.51. The SMILES string of the molecule is CS(=O)(=O)N(CC(=O)N/N=C/c1ccccc1C(=O)O)C1CCCCC1. The molecule has 1 saturated carbocycles. The lowest BCUT2D eigenvalue weighted by atomic mass is 9.95. The van der Waals surface area contributed by atoms with Crippen molar-refractivity contribution in [2.24, 2.45) is 5.10 Å². The van der Waals surface area contributed by atoms with Gasteiger partial charge in [-0.15, -0.1) is 0 Å². The van der Waals surface area contributed by atoms with E-state index in [1.807, 2.05) is 0 Å². The molecule has 0 spiro atoms. The zero-order valence-corrected chi connectivity index (χ0v) is 15.4. The number of hydrogen-bond acceptors (Lipinski definition) is 5. The van der Waals surface area contributed by atoms with Crippen molar-refractivity contribution in [1.29, 1.82) is 0 Å². The summed E-state index contributed by atoms with van der Waals surface area (Å²) in [5, 5.41) is 12.9. The van der Waals surface area contributed by atoms with Crippen molar-refractivity contribution in [2.75, 3.05) is 12.8 Å². The first-order chi connectivity index (χ1) is 12.3. The van der Waals surface area contributed by atoms with E-state index in [4.69, 9.17) is 5.11 Å². The molecular weight excluding hydrogens is 358 g/mol. The highest BCUT2D eigenvalue weighted by Gasteiger charge is 2.29. The fourth-order valence-corrected chi connectivity index (χ4v) is 4.15. The summed E-state index contributed by atoms with van der Waals surface area (Å²) in [6, 6.07) is 6.07. The van der Waals surface area contributed by atoms with Crippen LogP contribution < -0.4 is 5.43 Å². The van der Waals surface area contributed by atoms with Gasteiger partial charge in [0.15, 0.2) is 0 Å². The smallest absolute Gasteiger partial charge is 0.336 e. The molecular formula is C17H23N3O5S. The number of hydrogen-bond donors (Lipinski definition) is 2. The predicted molar refractivity (Wildman–Crippen MR) is 97.6 cm³/mol. The van der Waals surface area contributed by atoms with Crippen molar-refractivity contribution < 1.29 is 23.1 Å². The number of carboxylic acid groups (broad SMARTS) is 1. The molecule has 0 bridgehead atoms. The Morgan fingerprint density at radius 3 is 2.54 bits per heavy atom. The molecule has 9 heteroatoms. The Kier molecular flexibility index (Phi) is 6.87. The highest BCUT2D eigenvalue weighted by molar-refractivity contribution is 7.88. The molecule has 0 unspecified atom stereocenters. The van der Waals surface area contributed by atoms with Crippen molar-refractivity contribution in [3.63, 3.8) is 0 Å². The molecule has 26 heavy (non-hydrogen) atoms. The number of carboxylic acids is 1. The predicted octanol–water partition coefficient (Wildman–Crippen LogP) is 1.43. The van der Waals surface area contributed by atoms with Crippen LogP contribution in [0.1, 0.15) is 48.0 Å². The molecule has 0 saturated heterocycles. The highest BCUT2D eigenvalue weighted by Crippen LogP contribution is 2.24. The van der Waals surface area contributed by atoms with Gasteiger partial charge in [0.2, 0.25) is 10.0 Å². The molecule has 0 aliphatic heterocycles. The quantitative estimate of drug-likeness (QED) is 0.547. The number of hydrazone groups is 1. The van der Waals surface area contributed by atoms with Gasteiger partial charge in [0, 0.05) is 11.6 Å². The van der Waals surface area contributed by atoms with Crippen LogP contribution in [-0.4, -0.2) is 54.8 Å².